The van der Waals surface area contributed by atoms with Crippen LogP contribution in [0.3, 0.4) is 0 Å². The zero-order valence-electron chi connectivity index (χ0n) is 19.5. The molecule has 5 rings (SSSR count). The maximum atomic E-state index is 14.0. The van der Waals surface area contributed by atoms with Gasteiger partial charge in [0.1, 0.15) is 17.2 Å². The SMILES string of the molecule is O=C(NC1CCC(n2c(=O)c3cc(F)cnc3n(C3CCSC3)c2=O)CC1)c1cc(CO)ccc1O. The summed E-state index contributed by atoms with van der Waals surface area (Å²) < 4.78 is 16.8. The number of phenolic OH excluding ortho intramolecular Hbond substituents is 1. The van der Waals surface area contributed by atoms with E-state index in [2.05, 4.69) is 10.3 Å². The van der Waals surface area contributed by atoms with Gasteiger partial charge in [0.25, 0.3) is 11.5 Å². The smallest absolute Gasteiger partial charge is 0.333 e. The fourth-order valence-corrected chi connectivity index (χ4v) is 6.38. The van der Waals surface area contributed by atoms with Gasteiger partial charge in [-0.3, -0.25) is 18.7 Å². The van der Waals surface area contributed by atoms with Crippen molar-refractivity contribution in [3.05, 3.63) is 68.2 Å². The number of aliphatic hydroxyl groups excluding tert-OH is 1. The summed E-state index contributed by atoms with van der Waals surface area (Å²) in [4.78, 5) is 43.7. The summed E-state index contributed by atoms with van der Waals surface area (Å²) in [5.41, 5.74) is -0.137. The lowest BCUT2D eigenvalue weighted by Crippen LogP contribution is -2.46. The molecule has 0 radical (unpaired) electrons. The summed E-state index contributed by atoms with van der Waals surface area (Å²) in [6.07, 6.45) is 3.84. The number of carbonyl (C=O) groups is 1. The first-order valence-electron chi connectivity index (χ1n) is 12.0. The molecule has 2 aliphatic rings. The Labute approximate surface area is 210 Å². The molecule has 11 heteroatoms. The van der Waals surface area contributed by atoms with Gasteiger partial charge in [0, 0.05) is 17.8 Å². The van der Waals surface area contributed by atoms with Crippen molar-refractivity contribution >= 4 is 28.7 Å². The number of phenols is 1. The molecule has 1 saturated carbocycles. The molecule has 1 unspecified atom stereocenters. The van der Waals surface area contributed by atoms with Crippen LogP contribution in [0.2, 0.25) is 0 Å². The second-order valence-corrected chi connectivity index (χ2v) is 10.5. The van der Waals surface area contributed by atoms with Crippen LogP contribution in [0.25, 0.3) is 11.0 Å². The van der Waals surface area contributed by atoms with Crippen LogP contribution in [0.4, 0.5) is 4.39 Å². The minimum atomic E-state index is -0.628. The van der Waals surface area contributed by atoms with Crippen molar-refractivity contribution in [3.63, 3.8) is 0 Å². The Hall–Kier alpha value is -3.18. The van der Waals surface area contributed by atoms with Gasteiger partial charge in [0.2, 0.25) is 0 Å². The number of carbonyl (C=O) groups excluding carboxylic acids is 1. The number of amides is 1. The molecule has 1 amide bonds. The van der Waals surface area contributed by atoms with Crippen LogP contribution >= 0.6 is 11.8 Å². The maximum absolute atomic E-state index is 14.0. The minimum absolute atomic E-state index is 0.0845. The number of aromatic nitrogens is 3. The van der Waals surface area contributed by atoms with E-state index in [1.165, 1.54) is 22.8 Å². The van der Waals surface area contributed by atoms with Crippen LogP contribution in [-0.4, -0.2) is 47.8 Å². The Morgan fingerprint density at radius 3 is 2.58 bits per heavy atom. The average Bonchev–Trinajstić information content (AvgIpc) is 3.40. The largest absolute Gasteiger partial charge is 0.507 e. The number of pyridine rings is 1. The molecule has 1 aliphatic carbocycles. The Kier molecular flexibility index (Phi) is 6.85. The van der Waals surface area contributed by atoms with Crippen molar-refractivity contribution in [3.8, 4) is 5.75 Å². The number of aromatic hydroxyl groups is 1. The Balaban J connectivity index is 1.39. The summed E-state index contributed by atoms with van der Waals surface area (Å²) >= 11 is 1.73. The first-order valence-corrected chi connectivity index (χ1v) is 13.2. The van der Waals surface area contributed by atoms with Crippen LogP contribution < -0.4 is 16.6 Å². The van der Waals surface area contributed by atoms with Gasteiger partial charge in [-0.15, -0.1) is 0 Å². The second-order valence-electron chi connectivity index (χ2n) is 9.36. The number of hydrogen-bond donors (Lipinski definition) is 3. The highest BCUT2D eigenvalue weighted by atomic mass is 32.2. The van der Waals surface area contributed by atoms with E-state index in [0.717, 1.165) is 30.2 Å². The first-order chi connectivity index (χ1) is 17.4. The monoisotopic (exact) mass is 514 g/mol. The highest BCUT2D eigenvalue weighted by Gasteiger charge is 2.30. The summed E-state index contributed by atoms with van der Waals surface area (Å²) in [7, 11) is 0. The summed E-state index contributed by atoms with van der Waals surface area (Å²) in [5.74, 6) is 0.386. The van der Waals surface area contributed by atoms with Crippen molar-refractivity contribution in [2.75, 3.05) is 11.5 Å². The molecule has 3 heterocycles. The van der Waals surface area contributed by atoms with Gasteiger partial charge >= 0.3 is 5.69 Å². The molecule has 3 N–H and O–H groups in total. The molecule has 0 spiro atoms. The van der Waals surface area contributed by atoms with Crippen LogP contribution in [0, 0.1) is 5.82 Å². The maximum Gasteiger partial charge on any atom is 0.333 e. The molecule has 1 aliphatic heterocycles. The topological polar surface area (TPSA) is 126 Å². The van der Waals surface area contributed by atoms with Gasteiger partial charge in [-0.25, -0.2) is 14.2 Å². The van der Waals surface area contributed by atoms with Crippen molar-refractivity contribution < 1.29 is 19.4 Å². The second kappa shape index (κ2) is 10.1. The Bertz CT molecular complexity index is 1420. The average molecular weight is 515 g/mol. The number of fused-ring (bicyclic) bond motifs is 1. The van der Waals surface area contributed by atoms with Gasteiger partial charge in [0.05, 0.1) is 29.8 Å². The molecule has 3 aromatic rings. The van der Waals surface area contributed by atoms with Crippen LogP contribution in [0.1, 0.15) is 60.1 Å². The van der Waals surface area contributed by atoms with Gasteiger partial charge in [-0.1, -0.05) is 6.07 Å². The zero-order valence-corrected chi connectivity index (χ0v) is 20.3. The molecule has 1 saturated heterocycles. The molecule has 9 nitrogen and oxygen atoms in total. The summed E-state index contributed by atoms with van der Waals surface area (Å²) in [6, 6.07) is 4.83. The first kappa shape index (κ1) is 24.5. The number of halogens is 1. The third-order valence-electron chi connectivity index (χ3n) is 7.08. The number of rotatable bonds is 5. The van der Waals surface area contributed by atoms with Crippen LogP contribution in [0.5, 0.6) is 5.75 Å². The fraction of sp³-hybridized carbons (Fsp3) is 0.440. The van der Waals surface area contributed by atoms with Gasteiger partial charge in [-0.05, 0) is 61.6 Å². The minimum Gasteiger partial charge on any atom is -0.507 e. The van der Waals surface area contributed by atoms with E-state index in [1.54, 1.807) is 16.3 Å². The fourth-order valence-electron chi connectivity index (χ4n) is 5.19. The van der Waals surface area contributed by atoms with Gasteiger partial charge in [0.15, 0.2) is 0 Å². The van der Waals surface area contributed by atoms with E-state index in [0.29, 0.717) is 31.2 Å². The quantitative estimate of drug-likeness (QED) is 0.478. The number of nitrogens with zero attached hydrogens (tertiary/aromatic N) is 3. The van der Waals surface area contributed by atoms with Crippen LogP contribution in [-0.2, 0) is 6.61 Å². The van der Waals surface area contributed by atoms with E-state index >= 15 is 0 Å². The molecular weight excluding hydrogens is 487 g/mol. The van der Waals surface area contributed by atoms with E-state index in [4.69, 9.17) is 0 Å². The highest BCUT2D eigenvalue weighted by Crippen LogP contribution is 2.31. The summed E-state index contributed by atoms with van der Waals surface area (Å²) in [6.45, 7) is -0.247. The number of hydrogen-bond acceptors (Lipinski definition) is 7. The third kappa shape index (κ3) is 4.53. The molecule has 0 bridgehead atoms. The van der Waals surface area contributed by atoms with Gasteiger partial charge in [-0.2, -0.15) is 11.8 Å². The molecule has 1 atom stereocenters. The number of benzene rings is 1. The molecule has 190 valence electrons. The number of thioether (sulfide) groups is 1. The van der Waals surface area contributed by atoms with Crippen molar-refractivity contribution in [2.24, 2.45) is 0 Å². The van der Waals surface area contributed by atoms with E-state index < -0.39 is 23.0 Å². The van der Waals surface area contributed by atoms with Crippen molar-refractivity contribution in [1.82, 2.24) is 19.4 Å². The molecule has 1 aromatic carbocycles. The molecular formula is C25H27FN4O5S. The molecule has 2 fully saturated rings. The standard InChI is InChI=1S/C25H27FN4O5S/c26-15-10-20-22(27-11-15)29(18-7-8-36-13-18)25(35)30(24(20)34)17-4-2-16(3-5-17)28-23(33)19-9-14(12-31)1-6-21(19)32/h1,6,9-11,16-18,31-32H,2-5,7-8,12-13H2,(H,28,33). The lowest BCUT2D eigenvalue weighted by Gasteiger charge is -2.31. The lowest BCUT2D eigenvalue weighted by atomic mass is 9.90. The zero-order chi connectivity index (χ0) is 25.4. The summed E-state index contributed by atoms with van der Waals surface area (Å²) in [5, 5.41) is 22.4. The number of nitrogens with one attached hydrogen (secondary N) is 1. The van der Waals surface area contributed by atoms with Gasteiger partial charge < -0.3 is 15.5 Å². The predicted molar refractivity (Wildman–Crippen MR) is 134 cm³/mol. The number of aliphatic hydroxyl groups is 1. The highest BCUT2D eigenvalue weighted by molar-refractivity contribution is 7.99. The van der Waals surface area contributed by atoms with Crippen molar-refractivity contribution in [1.29, 1.82) is 0 Å². The van der Waals surface area contributed by atoms with E-state index in [9.17, 15) is 29.0 Å². The normalized spacial score (nSPS) is 22.1. The lowest BCUT2D eigenvalue weighted by molar-refractivity contribution is 0.0919. The third-order valence-corrected chi connectivity index (χ3v) is 8.22. The Morgan fingerprint density at radius 1 is 1.11 bits per heavy atom. The van der Waals surface area contributed by atoms with E-state index in [1.807, 2.05) is 0 Å². The molecule has 2 aromatic heterocycles. The predicted octanol–water partition coefficient (Wildman–Crippen LogP) is 2.49. The van der Waals surface area contributed by atoms with Crippen LogP contribution in [0.15, 0.2) is 40.1 Å². The Morgan fingerprint density at radius 2 is 1.89 bits per heavy atom. The van der Waals surface area contributed by atoms with E-state index in [-0.39, 0.29) is 47.1 Å². The molecule has 36 heavy (non-hydrogen) atoms. The van der Waals surface area contributed by atoms with Crippen molar-refractivity contribution in [2.45, 2.75) is 56.8 Å².